The monoisotopic (exact) mass is 199 g/mol. The van der Waals surface area contributed by atoms with Gasteiger partial charge in [-0.05, 0) is 6.92 Å². The summed E-state index contributed by atoms with van der Waals surface area (Å²) < 4.78 is 11.5. The Morgan fingerprint density at radius 2 is 2.00 bits per heavy atom. The molecule has 0 aliphatic carbocycles. The lowest BCUT2D eigenvalue weighted by Gasteiger charge is -2.19. The second-order valence-corrected chi connectivity index (χ2v) is 2.97. The summed E-state index contributed by atoms with van der Waals surface area (Å²) in [6, 6.07) is 0. The Kier molecular flexibility index (Phi) is 4.73. The number of carbonyl (C=O) groups excluding carboxylic acids is 1. The number of hydrogen-bond donors (Lipinski definition) is 3. The van der Waals surface area contributed by atoms with Gasteiger partial charge in [0.25, 0.3) is 0 Å². The maximum Gasteiger partial charge on any atom is 0.735 e. The van der Waals surface area contributed by atoms with E-state index in [-0.39, 0.29) is 0 Å². The van der Waals surface area contributed by atoms with Crippen LogP contribution in [0.3, 0.4) is 0 Å². The molecule has 1 rings (SSSR count). The quantitative estimate of drug-likeness (QED) is 0.343. The molecule has 1 aliphatic heterocycles. The average molecular weight is 199 g/mol. The number of hydrogen-bond acceptors (Lipinski definition) is 7. The minimum absolute atomic E-state index is 0.356. The van der Waals surface area contributed by atoms with Crippen LogP contribution in [-0.4, -0.2) is 31.3 Å². The summed E-state index contributed by atoms with van der Waals surface area (Å²) in [5.41, 5.74) is 4.54. The molecule has 72 valence electrons. The largest absolute Gasteiger partial charge is 0.735 e. The van der Waals surface area contributed by atoms with Gasteiger partial charge in [-0.25, -0.2) is 4.79 Å². The molecule has 1 fully saturated rings. The van der Waals surface area contributed by atoms with Gasteiger partial charge in [0.2, 0.25) is 0 Å². The Morgan fingerprint density at radius 1 is 1.58 bits per heavy atom. The average Bonchev–Trinajstić information content (AvgIpc) is 1.85. The molecule has 4 N–H and O–H groups in total. The van der Waals surface area contributed by atoms with E-state index in [1.54, 1.807) is 6.92 Å². The highest BCUT2D eigenvalue weighted by Gasteiger charge is 2.50. The second-order valence-electron chi connectivity index (χ2n) is 1.54. The molecule has 1 aliphatic rings. The van der Waals surface area contributed by atoms with E-state index in [1.807, 2.05) is 0 Å². The minimum atomic E-state index is -3.67. The number of nitrogens with two attached hydrogens (primary N) is 1. The van der Waals surface area contributed by atoms with E-state index in [0.29, 0.717) is 6.61 Å². The van der Waals surface area contributed by atoms with Gasteiger partial charge in [-0.2, -0.15) is 9.15 Å². The van der Waals surface area contributed by atoms with Crippen molar-refractivity contribution in [2.45, 2.75) is 6.92 Å². The van der Waals surface area contributed by atoms with E-state index in [9.17, 15) is 4.79 Å². The van der Waals surface area contributed by atoms with Gasteiger partial charge in [-0.3, -0.25) is 0 Å². The van der Waals surface area contributed by atoms with Crippen LogP contribution in [0.2, 0.25) is 0 Å². The van der Waals surface area contributed by atoms with Gasteiger partial charge >= 0.3 is 15.1 Å². The molecule has 8 nitrogen and oxygen atoms in total. The molecule has 1 heterocycles. The lowest BCUT2D eigenvalue weighted by atomic mass is 10.9. The Hall–Kier alpha value is -0.713. The van der Waals surface area contributed by atoms with Crippen LogP contribution in [0, 0.1) is 0 Å². The molecule has 0 aromatic rings. The van der Waals surface area contributed by atoms with E-state index in [0.717, 1.165) is 0 Å². The predicted octanol–water partition coefficient (Wildman–Crippen LogP) is -1.60. The molecular weight excluding hydrogens is 190 g/mol. The van der Waals surface area contributed by atoms with Gasteiger partial charge in [0.05, 0.1) is 6.61 Å². The number of carbonyl (C=O) groups is 1. The van der Waals surface area contributed by atoms with E-state index in [4.69, 9.17) is 9.59 Å². The summed E-state index contributed by atoms with van der Waals surface area (Å²) in [7, 11) is -3.67. The lowest BCUT2D eigenvalue weighted by molar-refractivity contribution is -0.549. The fourth-order valence-electron chi connectivity index (χ4n) is 0.237. The third-order valence-electron chi connectivity index (χ3n) is 0.572. The fraction of sp³-hybridized carbons (Fsp3) is 0.667. The predicted molar refractivity (Wildman–Crippen MR) is 34.7 cm³/mol. The summed E-state index contributed by atoms with van der Waals surface area (Å²) in [4.78, 5) is 25.7. The first-order valence-electron chi connectivity index (χ1n) is 2.88. The molecule has 0 saturated carbocycles. The highest BCUT2D eigenvalue weighted by molar-refractivity contribution is 6.50. The third kappa shape index (κ3) is 6.03. The number of amides is 1. The molecule has 0 aromatic heterocycles. The normalized spacial score (nSPS) is 18.2. The van der Waals surface area contributed by atoms with Gasteiger partial charge < -0.3 is 20.1 Å². The fourth-order valence-corrected chi connectivity index (χ4v) is 0.427. The first kappa shape index (κ1) is 11.3. The van der Waals surface area contributed by atoms with Crippen LogP contribution >= 0.6 is 0 Å². The molecule has 0 aromatic carbocycles. The zero-order valence-corrected chi connectivity index (χ0v) is 7.22. The van der Waals surface area contributed by atoms with Crippen molar-refractivity contribution in [1.82, 2.24) is 0 Å². The first-order chi connectivity index (χ1) is 5.48. The topological polar surface area (TPSA) is 120 Å². The van der Waals surface area contributed by atoms with Crippen LogP contribution in [0.25, 0.3) is 0 Å². The zero-order valence-electron chi connectivity index (χ0n) is 6.22. The second kappa shape index (κ2) is 5.03. The van der Waals surface area contributed by atoms with Gasteiger partial charge in [0, 0.05) is 0 Å². The molecule has 0 unspecified atom stereocenters. The molecule has 0 radical (unpaired) electrons. The number of primary amides is 1. The highest BCUT2D eigenvalue weighted by Crippen LogP contribution is 2.09. The third-order valence-corrected chi connectivity index (χ3v) is 1.14. The van der Waals surface area contributed by atoms with Crippen molar-refractivity contribution in [3.05, 3.63) is 0 Å². The van der Waals surface area contributed by atoms with Crippen molar-refractivity contribution < 1.29 is 33.3 Å². The number of ether oxygens (including phenoxy) is 1. The molecule has 12 heavy (non-hydrogen) atoms. The lowest BCUT2D eigenvalue weighted by Crippen LogP contribution is -2.51. The van der Waals surface area contributed by atoms with E-state index >= 15 is 0 Å². The molecule has 1 amide bonds. The molecule has 1 saturated heterocycles. The zero-order chi connectivity index (χ0) is 9.61. The van der Waals surface area contributed by atoms with Crippen LogP contribution in [0.15, 0.2) is 0 Å². The molecule has 9 heteroatoms. The van der Waals surface area contributed by atoms with Crippen LogP contribution in [0.4, 0.5) is 4.79 Å². The van der Waals surface area contributed by atoms with Gasteiger partial charge in [-0.15, -0.1) is 0 Å². The Balaban J connectivity index is 0.000000202. The maximum absolute atomic E-state index is 9.60. The Bertz CT molecular complexity index is 144. The van der Waals surface area contributed by atoms with Gasteiger partial charge in [-0.1, -0.05) is 5.04 Å². The molecular formula is C3H9NO7Si. The van der Waals surface area contributed by atoms with Crippen molar-refractivity contribution in [2.75, 3.05) is 6.61 Å². The van der Waals surface area contributed by atoms with Crippen LogP contribution in [0.5, 0.6) is 0 Å². The Morgan fingerprint density at radius 3 is 2.00 bits per heavy atom. The summed E-state index contributed by atoms with van der Waals surface area (Å²) >= 11 is 0. The maximum atomic E-state index is 9.60. The minimum Gasteiger partial charge on any atom is -0.450 e. The summed E-state index contributed by atoms with van der Waals surface area (Å²) in [5.74, 6) is 0. The SMILES string of the molecule is CCOC(N)=O.O[Si]1(O)OOO1. The first-order valence-corrected chi connectivity index (χ1v) is 4.59. The standard InChI is InChI=1S/C3H7NO2.H2O5Si/c1-2-6-3(4)5;1-6(2)4-3-5-6/h2H2,1H3,(H2,4,5);1-2H. The van der Waals surface area contributed by atoms with E-state index < -0.39 is 15.1 Å². The van der Waals surface area contributed by atoms with Gasteiger partial charge in [0.15, 0.2) is 0 Å². The molecule has 0 atom stereocenters. The van der Waals surface area contributed by atoms with E-state index in [1.165, 1.54) is 0 Å². The molecule has 0 spiro atoms. The van der Waals surface area contributed by atoms with Crippen molar-refractivity contribution in [3.8, 4) is 0 Å². The molecule has 0 bridgehead atoms. The van der Waals surface area contributed by atoms with Crippen molar-refractivity contribution in [3.63, 3.8) is 0 Å². The van der Waals surface area contributed by atoms with Gasteiger partial charge in [0.1, 0.15) is 0 Å². The Labute approximate surface area is 68.7 Å². The highest BCUT2D eigenvalue weighted by atomic mass is 28.4. The van der Waals surface area contributed by atoms with Crippen molar-refractivity contribution >= 4 is 15.1 Å². The van der Waals surface area contributed by atoms with Crippen molar-refractivity contribution in [2.24, 2.45) is 5.73 Å². The van der Waals surface area contributed by atoms with Crippen LogP contribution < -0.4 is 5.73 Å². The van der Waals surface area contributed by atoms with Crippen LogP contribution in [-0.2, 0) is 18.9 Å². The van der Waals surface area contributed by atoms with E-state index in [2.05, 4.69) is 24.7 Å². The van der Waals surface area contributed by atoms with Crippen molar-refractivity contribution in [1.29, 1.82) is 0 Å². The summed E-state index contributed by atoms with van der Waals surface area (Å²) in [6.45, 7) is 2.06. The summed E-state index contributed by atoms with van der Waals surface area (Å²) in [6.07, 6.45) is -0.711. The smallest absolute Gasteiger partial charge is 0.450 e. The summed E-state index contributed by atoms with van der Waals surface area (Å²) in [5, 5.41) is 3.50. The van der Waals surface area contributed by atoms with Crippen LogP contribution in [0.1, 0.15) is 6.92 Å². The number of rotatable bonds is 1.